The molecule has 3 aromatic carbocycles. The molecule has 0 saturated heterocycles. The molecule has 224 valence electrons. The third kappa shape index (κ3) is 6.33. The summed E-state index contributed by atoms with van der Waals surface area (Å²) in [4.78, 5) is 42.5. The molecule has 12 heteroatoms. The van der Waals surface area contributed by atoms with Gasteiger partial charge in [-0.3, -0.25) is 18.7 Å². The second kappa shape index (κ2) is 12.6. The lowest BCUT2D eigenvalue weighted by Gasteiger charge is -2.28. The Balaban J connectivity index is 1.52. The van der Waals surface area contributed by atoms with Crippen molar-refractivity contribution in [2.24, 2.45) is 0 Å². The fourth-order valence-electron chi connectivity index (χ4n) is 4.92. The van der Waals surface area contributed by atoms with Gasteiger partial charge in [0.25, 0.3) is 11.8 Å². The van der Waals surface area contributed by atoms with Gasteiger partial charge in [-0.05, 0) is 78.3 Å². The van der Waals surface area contributed by atoms with Crippen LogP contribution in [0.4, 0.5) is 4.39 Å². The van der Waals surface area contributed by atoms with E-state index in [0.29, 0.717) is 37.9 Å². The van der Waals surface area contributed by atoms with Crippen LogP contribution in [0.1, 0.15) is 46.0 Å². The first-order chi connectivity index (χ1) is 20.6. The zero-order valence-electron chi connectivity index (χ0n) is 23.7. The third-order valence-corrected chi connectivity index (χ3v) is 8.25. The molecule has 0 spiro atoms. The van der Waals surface area contributed by atoms with E-state index < -0.39 is 17.4 Å². The largest absolute Gasteiger partial charge is 0.497 e. The fraction of sp³-hybridized carbons (Fsp3) is 0.258. The number of amides is 2. The van der Waals surface area contributed by atoms with E-state index in [9.17, 15) is 18.8 Å². The summed E-state index contributed by atoms with van der Waals surface area (Å²) in [5.41, 5.74) is 1.07. The van der Waals surface area contributed by atoms with Crippen molar-refractivity contribution < 1.29 is 23.5 Å². The van der Waals surface area contributed by atoms with Gasteiger partial charge < -0.3 is 19.7 Å². The van der Waals surface area contributed by atoms with Crippen LogP contribution in [0.25, 0.3) is 5.69 Å². The number of aromatic nitrogens is 2. The summed E-state index contributed by atoms with van der Waals surface area (Å²) < 4.78 is 28.9. The highest BCUT2D eigenvalue weighted by Crippen LogP contribution is 2.26. The van der Waals surface area contributed by atoms with Crippen LogP contribution in [0.15, 0.2) is 69.9 Å². The predicted molar refractivity (Wildman–Crippen MR) is 164 cm³/mol. The highest BCUT2D eigenvalue weighted by Gasteiger charge is 2.32. The topological polar surface area (TPSA) is 94.8 Å². The number of nitrogens with zero attached hydrogens (tertiary/aromatic N) is 3. The highest BCUT2D eigenvalue weighted by atomic mass is 79.9. The second-order valence-electron chi connectivity index (χ2n) is 10.2. The monoisotopic (exact) mass is 670 g/mol. The van der Waals surface area contributed by atoms with Crippen molar-refractivity contribution >= 4 is 39.3 Å². The van der Waals surface area contributed by atoms with Crippen LogP contribution < -0.4 is 20.5 Å². The van der Waals surface area contributed by atoms with Crippen LogP contribution >= 0.6 is 27.5 Å². The third-order valence-electron chi connectivity index (χ3n) is 7.01. The van der Waals surface area contributed by atoms with E-state index >= 15 is 0 Å². The number of nitrogens with one attached hydrogen (secondary N) is 1. The number of hydrogen-bond donors (Lipinski definition) is 1. The summed E-state index contributed by atoms with van der Waals surface area (Å²) in [6.45, 7) is 4.12. The van der Waals surface area contributed by atoms with Gasteiger partial charge in [0.1, 0.15) is 23.0 Å². The molecule has 0 unspecified atom stereocenters. The average Bonchev–Trinajstić information content (AvgIpc) is 3.28. The first-order valence-corrected chi connectivity index (χ1v) is 14.7. The first-order valence-electron chi connectivity index (χ1n) is 13.5. The maximum absolute atomic E-state index is 14.6. The highest BCUT2D eigenvalue weighted by molar-refractivity contribution is 9.10. The molecule has 1 aromatic heterocycles. The Hall–Kier alpha value is -4.09. The Bertz CT molecular complexity index is 1750. The molecule has 0 fully saturated rings. The summed E-state index contributed by atoms with van der Waals surface area (Å²) in [6.07, 6.45) is -0.0424. The molecule has 43 heavy (non-hydrogen) atoms. The zero-order chi connectivity index (χ0) is 30.8. The van der Waals surface area contributed by atoms with Crippen molar-refractivity contribution in [3.8, 4) is 17.2 Å². The summed E-state index contributed by atoms with van der Waals surface area (Å²) in [6, 6.07) is 16.1. The number of fused-ring (bicyclic) bond motifs is 1. The van der Waals surface area contributed by atoms with E-state index in [1.54, 1.807) is 53.4 Å². The Labute approximate surface area is 260 Å². The van der Waals surface area contributed by atoms with Crippen LogP contribution in [-0.2, 0) is 19.6 Å². The van der Waals surface area contributed by atoms with Gasteiger partial charge in [0.05, 0.1) is 36.2 Å². The van der Waals surface area contributed by atoms with Gasteiger partial charge in [-0.1, -0.05) is 17.7 Å². The van der Waals surface area contributed by atoms with E-state index in [0.717, 1.165) is 0 Å². The summed E-state index contributed by atoms with van der Waals surface area (Å²) >= 11 is 9.56. The number of halogens is 3. The van der Waals surface area contributed by atoms with Crippen molar-refractivity contribution in [2.45, 2.75) is 39.6 Å². The molecule has 0 bridgehead atoms. The summed E-state index contributed by atoms with van der Waals surface area (Å²) in [5, 5.41) is 3.14. The lowest BCUT2D eigenvalue weighted by atomic mass is 10.1. The number of methoxy groups -OCH3 is 1. The van der Waals surface area contributed by atoms with Gasteiger partial charge in [-0.15, -0.1) is 0 Å². The predicted octanol–water partition coefficient (Wildman–Crippen LogP) is 5.58. The number of hydrogen-bond acceptors (Lipinski definition) is 5. The van der Waals surface area contributed by atoms with Gasteiger partial charge in [0.15, 0.2) is 0 Å². The second-order valence-corrected chi connectivity index (χ2v) is 11.5. The summed E-state index contributed by atoms with van der Waals surface area (Å²) in [5.74, 6) is -0.458. The molecule has 1 aliphatic rings. The number of benzene rings is 3. The quantitative estimate of drug-likeness (QED) is 0.264. The van der Waals surface area contributed by atoms with Gasteiger partial charge >= 0.3 is 5.69 Å². The lowest BCUT2D eigenvalue weighted by Crippen LogP contribution is -2.41. The molecule has 0 saturated carbocycles. The molecular weight excluding hydrogens is 643 g/mol. The Kier molecular flexibility index (Phi) is 8.93. The van der Waals surface area contributed by atoms with Gasteiger partial charge in [0.2, 0.25) is 0 Å². The van der Waals surface area contributed by atoms with Crippen molar-refractivity contribution in [1.82, 2.24) is 19.4 Å². The molecule has 2 heterocycles. The molecule has 4 aromatic rings. The number of rotatable bonds is 8. The van der Waals surface area contributed by atoms with E-state index in [1.165, 1.54) is 28.4 Å². The van der Waals surface area contributed by atoms with Crippen LogP contribution in [0.3, 0.4) is 0 Å². The van der Waals surface area contributed by atoms with Crippen molar-refractivity contribution in [3.05, 3.63) is 109 Å². The minimum Gasteiger partial charge on any atom is -0.497 e. The van der Waals surface area contributed by atoms with E-state index in [1.807, 2.05) is 13.8 Å². The Morgan fingerprint density at radius 3 is 2.42 bits per heavy atom. The van der Waals surface area contributed by atoms with Crippen molar-refractivity contribution in [3.63, 3.8) is 0 Å². The van der Waals surface area contributed by atoms with Crippen LogP contribution in [0, 0.1) is 5.82 Å². The lowest BCUT2D eigenvalue weighted by molar-refractivity contribution is 0.0706. The molecule has 9 nitrogen and oxygen atoms in total. The smallest absolute Gasteiger partial charge is 0.333 e. The van der Waals surface area contributed by atoms with Gasteiger partial charge in [0, 0.05) is 41.3 Å². The minimum atomic E-state index is -0.593. The van der Waals surface area contributed by atoms with Crippen molar-refractivity contribution in [1.29, 1.82) is 0 Å². The SMILES string of the molecule is COc1ccc(CNC(=O)c2c3n(c(=O)n2-c2ccc(OC(C)C)cc2)CCN(C(=O)c2ccc(Br)c(Cl)c2)C3)c(F)c1. The Morgan fingerprint density at radius 1 is 1.05 bits per heavy atom. The van der Waals surface area contributed by atoms with E-state index in [2.05, 4.69) is 21.2 Å². The molecule has 1 N–H and O–H groups in total. The molecule has 0 atom stereocenters. The fourth-order valence-corrected chi connectivity index (χ4v) is 5.35. The molecule has 0 radical (unpaired) electrons. The molecule has 5 rings (SSSR count). The molecular formula is C31H29BrClFN4O5. The summed E-state index contributed by atoms with van der Waals surface area (Å²) in [7, 11) is 1.44. The molecule has 1 aliphatic heterocycles. The zero-order valence-corrected chi connectivity index (χ0v) is 26.0. The number of ether oxygens (including phenoxy) is 2. The standard InChI is InChI=1S/C31H29BrClFN4O5/c1-18(2)43-22-9-6-21(7-10-22)38-28(29(39)35-16-20-4-8-23(42-3)15-26(20)34)27-17-36(12-13-37(27)31(38)41)30(40)19-5-11-24(32)25(33)14-19/h4-11,14-15,18H,12-13,16-17H2,1-3H3,(H,35,39). The minimum absolute atomic E-state index is 0.00293. The maximum atomic E-state index is 14.6. The van der Waals surface area contributed by atoms with E-state index in [4.69, 9.17) is 21.1 Å². The number of carbonyl (C=O) groups excluding carboxylic acids is 2. The molecule has 2 amide bonds. The van der Waals surface area contributed by atoms with Crippen LogP contribution in [0.2, 0.25) is 5.02 Å². The van der Waals surface area contributed by atoms with Crippen molar-refractivity contribution in [2.75, 3.05) is 13.7 Å². The van der Waals surface area contributed by atoms with Crippen LogP contribution in [0.5, 0.6) is 11.5 Å². The normalized spacial score (nSPS) is 12.7. The van der Waals surface area contributed by atoms with E-state index in [-0.39, 0.29) is 49.4 Å². The Morgan fingerprint density at radius 2 is 1.77 bits per heavy atom. The molecule has 0 aliphatic carbocycles. The first kappa shape index (κ1) is 30.4. The average molecular weight is 672 g/mol. The number of carbonyl (C=O) groups is 2. The van der Waals surface area contributed by atoms with Gasteiger partial charge in [-0.25, -0.2) is 9.18 Å². The van der Waals surface area contributed by atoms with Crippen LogP contribution in [-0.4, -0.2) is 45.6 Å². The van der Waals surface area contributed by atoms with Gasteiger partial charge in [-0.2, -0.15) is 0 Å². The maximum Gasteiger partial charge on any atom is 0.333 e. The number of imidazole rings is 1.